The van der Waals surface area contributed by atoms with E-state index in [2.05, 4.69) is 15.9 Å². The second-order valence-electron chi connectivity index (χ2n) is 7.31. The van der Waals surface area contributed by atoms with Gasteiger partial charge in [-0.1, -0.05) is 22.0 Å². The van der Waals surface area contributed by atoms with Crippen molar-refractivity contribution in [1.82, 2.24) is 0 Å². The third kappa shape index (κ3) is 1.96. The lowest BCUT2D eigenvalue weighted by Gasteiger charge is -2.58. The zero-order valence-electron chi connectivity index (χ0n) is 11.4. The van der Waals surface area contributed by atoms with Crippen LogP contribution in [0.3, 0.4) is 0 Å². The summed E-state index contributed by atoms with van der Waals surface area (Å²) in [6, 6.07) is 4.03. The summed E-state index contributed by atoms with van der Waals surface area (Å²) < 4.78 is 27.2. The maximum absolute atomic E-state index is 14.1. The van der Waals surface area contributed by atoms with Crippen LogP contribution < -0.4 is 0 Å². The molecule has 0 N–H and O–H groups in total. The molecule has 3 heteroatoms. The number of rotatable bonds is 2. The number of alkyl halides is 1. The molecule has 4 bridgehead atoms. The van der Waals surface area contributed by atoms with E-state index in [9.17, 15) is 8.78 Å². The van der Waals surface area contributed by atoms with E-state index < -0.39 is 11.6 Å². The normalized spacial score (nSPS) is 40.0. The van der Waals surface area contributed by atoms with Crippen LogP contribution in [-0.2, 0) is 0 Å². The van der Waals surface area contributed by atoms with E-state index in [-0.39, 0.29) is 10.2 Å². The average molecular weight is 341 g/mol. The molecule has 0 aromatic heterocycles. The van der Waals surface area contributed by atoms with Gasteiger partial charge in [-0.15, -0.1) is 0 Å². The fourth-order valence-corrected chi connectivity index (χ4v) is 6.46. The lowest BCUT2D eigenvalue weighted by molar-refractivity contribution is -0.0532. The van der Waals surface area contributed by atoms with Crippen LogP contribution in [0.1, 0.15) is 48.9 Å². The van der Waals surface area contributed by atoms with Crippen molar-refractivity contribution in [2.45, 2.75) is 43.4 Å². The minimum Gasteiger partial charge on any atom is -0.207 e. The first-order valence-electron chi connectivity index (χ1n) is 7.65. The van der Waals surface area contributed by atoms with Crippen molar-refractivity contribution >= 4 is 15.9 Å². The highest BCUT2D eigenvalue weighted by atomic mass is 79.9. The van der Waals surface area contributed by atoms with Gasteiger partial charge in [0.1, 0.15) is 11.6 Å². The maximum Gasteiger partial charge on any atom is 0.130 e. The molecule has 0 radical (unpaired) electrons. The summed E-state index contributed by atoms with van der Waals surface area (Å²) in [6.07, 6.45) is 7.78. The molecule has 0 saturated heterocycles. The van der Waals surface area contributed by atoms with E-state index in [0.717, 1.165) is 23.8 Å². The lowest BCUT2D eigenvalue weighted by atomic mass is 9.48. The predicted molar refractivity (Wildman–Crippen MR) is 78.6 cm³/mol. The fraction of sp³-hybridized carbons (Fsp3) is 0.647. The lowest BCUT2D eigenvalue weighted by Crippen LogP contribution is -2.47. The molecular formula is C17H19BrF2. The first-order valence-corrected chi connectivity index (χ1v) is 8.56. The third-order valence-corrected chi connectivity index (χ3v) is 7.32. The standard InChI is InChI=1S/C17H19BrF2/c18-16(14-2-1-13(19)6-15(14)20)17-7-10-3-11(8-17)5-12(4-10)9-17/h1-2,6,10-12,16H,3-5,7-9H2. The van der Waals surface area contributed by atoms with Crippen LogP contribution in [0.5, 0.6) is 0 Å². The van der Waals surface area contributed by atoms with Gasteiger partial charge in [0.2, 0.25) is 0 Å². The molecule has 20 heavy (non-hydrogen) atoms. The molecule has 4 aliphatic rings. The quantitative estimate of drug-likeness (QED) is 0.613. The minimum atomic E-state index is -0.489. The third-order valence-electron chi connectivity index (χ3n) is 5.86. The molecule has 1 aromatic rings. The van der Waals surface area contributed by atoms with E-state index in [1.54, 1.807) is 6.07 Å². The number of hydrogen-bond acceptors (Lipinski definition) is 0. The maximum atomic E-state index is 14.1. The van der Waals surface area contributed by atoms with Crippen LogP contribution in [0, 0.1) is 34.8 Å². The molecular weight excluding hydrogens is 322 g/mol. The predicted octanol–water partition coefficient (Wildman–Crippen LogP) is 5.62. The van der Waals surface area contributed by atoms with Gasteiger partial charge < -0.3 is 0 Å². The van der Waals surface area contributed by atoms with Gasteiger partial charge in [0.05, 0.1) is 0 Å². The molecule has 108 valence electrons. The summed E-state index contributed by atoms with van der Waals surface area (Å²) in [5.74, 6) is 1.62. The summed E-state index contributed by atoms with van der Waals surface area (Å²) in [4.78, 5) is 0.0315. The molecule has 4 fully saturated rings. The van der Waals surface area contributed by atoms with Gasteiger partial charge in [-0.3, -0.25) is 0 Å². The van der Waals surface area contributed by atoms with E-state index in [0.29, 0.717) is 5.56 Å². The SMILES string of the molecule is Fc1ccc(C(Br)C23CC4CC(CC(C4)C2)C3)c(F)c1. The Morgan fingerprint density at radius 3 is 2.05 bits per heavy atom. The molecule has 0 spiro atoms. The number of halogens is 3. The van der Waals surface area contributed by atoms with Crippen LogP contribution in [0.25, 0.3) is 0 Å². The molecule has 0 aliphatic heterocycles. The average Bonchev–Trinajstić information content (AvgIpc) is 2.36. The number of benzene rings is 1. The zero-order chi connectivity index (χ0) is 13.9. The van der Waals surface area contributed by atoms with Gasteiger partial charge in [0, 0.05) is 16.5 Å². The molecule has 4 saturated carbocycles. The summed E-state index contributed by atoms with van der Waals surface area (Å²) in [7, 11) is 0. The van der Waals surface area contributed by atoms with Crippen molar-refractivity contribution in [3.8, 4) is 0 Å². The van der Waals surface area contributed by atoms with Crippen LogP contribution in [-0.4, -0.2) is 0 Å². The Morgan fingerprint density at radius 1 is 1.00 bits per heavy atom. The van der Waals surface area contributed by atoms with Gasteiger partial charge in [-0.25, -0.2) is 8.78 Å². The summed E-state index contributed by atoms with van der Waals surface area (Å²) >= 11 is 3.79. The van der Waals surface area contributed by atoms with Crippen LogP contribution in [0.2, 0.25) is 0 Å². The number of hydrogen-bond donors (Lipinski definition) is 0. The molecule has 5 rings (SSSR count). The minimum absolute atomic E-state index is 0.0315. The fourth-order valence-electron chi connectivity index (χ4n) is 5.52. The monoisotopic (exact) mass is 340 g/mol. The van der Waals surface area contributed by atoms with Gasteiger partial charge in [0.25, 0.3) is 0 Å². The Labute approximate surface area is 127 Å². The van der Waals surface area contributed by atoms with Crippen LogP contribution >= 0.6 is 15.9 Å². The van der Waals surface area contributed by atoms with Crippen molar-refractivity contribution in [3.63, 3.8) is 0 Å². The van der Waals surface area contributed by atoms with E-state index in [1.807, 2.05) is 0 Å². The zero-order valence-corrected chi connectivity index (χ0v) is 13.0. The van der Waals surface area contributed by atoms with Crippen molar-refractivity contribution in [2.75, 3.05) is 0 Å². The highest BCUT2D eigenvalue weighted by Crippen LogP contribution is 2.66. The Morgan fingerprint density at radius 2 is 1.55 bits per heavy atom. The molecule has 1 aromatic carbocycles. The summed E-state index contributed by atoms with van der Waals surface area (Å²) in [6.45, 7) is 0. The summed E-state index contributed by atoms with van der Waals surface area (Å²) in [5.41, 5.74) is 0.848. The molecule has 1 unspecified atom stereocenters. The smallest absolute Gasteiger partial charge is 0.130 e. The van der Waals surface area contributed by atoms with Crippen molar-refractivity contribution in [1.29, 1.82) is 0 Å². The Bertz CT molecular complexity index is 505. The van der Waals surface area contributed by atoms with E-state index in [1.165, 1.54) is 44.6 Å². The van der Waals surface area contributed by atoms with Crippen molar-refractivity contribution < 1.29 is 8.78 Å². The molecule has 1 atom stereocenters. The second-order valence-corrected chi connectivity index (χ2v) is 8.22. The van der Waals surface area contributed by atoms with Gasteiger partial charge >= 0.3 is 0 Å². The highest BCUT2D eigenvalue weighted by Gasteiger charge is 2.54. The van der Waals surface area contributed by atoms with Gasteiger partial charge in [0.15, 0.2) is 0 Å². The highest BCUT2D eigenvalue weighted by molar-refractivity contribution is 9.09. The van der Waals surface area contributed by atoms with E-state index >= 15 is 0 Å². The van der Waals surface area contributed by atoms with Crippen LogP contribution in [0.15, 0.2) is 18.2 Å². The Kier molecular flexibility index (Phi) is 3.00. The van der Waals surface area contributed by atoms with Gasteiger partial charge in [-0.2, -0.15) is 0 Å². The first kappa shape index (κ1) is 13.2. The van der Waals surface area contributed by atoms with Crippen LogP contribution in [0.4, 0.5) is 8.78 Å². The largest absolute Gasteiger partial charge is 0.207 e. The molecule has 0 amide bonds. The molecule has 0 heterocycles. The first-order chi connectivity index (χ1) is 9.56. The van der Waals surface area contributed by atoms with E-state index in [4.69, 9.17) is 0 Å². The Balaban J connectivity index is 1.69. The molecule has 0 nitrogen and oxygen atoms in total. The summed E-state index contributed by atoms with van der Waals surface area (Å²) in [5, 5.41) is 0. The van der Waals surface area contributed by atoms with Gasteiger partial charge in [-0.05, 0) is 67.8 Å². The Hall–Kier alpha value is -0.440. The second kappa shape index (κ2) is 4.53. The topological polar surface area (TPSA) is 0 Å². The molecule has 4 aliphatic carbocycles. The van der Waals surface area contributed by atoms with Crippen molar-refractivity contribution in [3.05, 3.63) is 35.4 Å². The van der Waals surface area contributed by atoms with Crippen molar-refractivity contribution in [2.24, 2.45) is 23.2 Å².